The molecular weight excluding hydrogens is 805 g/mol. The van der Waals surface area contributed by atoms with E-state index in [0.29, 0.717) is 0 Å². The van der Waals surface area contributed by atoms with E-state index in [1.807, 2.05) is 0 Å². The molecule has 1 saturated heterocycles. The van der Waals surface area contributed by atoms with Crippen molar-refractivity contribution in [1.29, 1.82) is 0 Å². The zero-order chi connectivity index (χ0) is 27.4. The predicted octanol–water partition coefficient (Wildman–Crippen LogP) is 9.49. The summed E-state index contributed by atoms with van der Waals surface area (Å²) in [5.41, 5.74) is 0. The number of hydrogen-bond acceptors (Lipinski definition) is 3. The Labute approximate surface area is 234 Å². The van der Waals surface area contributed by atoms with Gasteiger partial charge in [0.25, 0.3) is 0 Å². The first-order valence-electron chi connectivity index (χ1n) is 13.6. The van der Waals surface area contributed by atoms with E-state index in [-0.39, 0.29) is 6.86 Å². The Bertz CT molecular complexity index is 614. The molecule has 0 N–H and O–H groups in total. The van der Waals surface area contributed by atoms with Gasteiger partial charge < -0.3 is 0 Å². The van der Waals surface area contributed by atoms with Gasteiger partial charge in [-0.15, -0.1) is 0 Å². The summed E-state index contributed by atoms with van der Waals surface area (Å²) in [6, 6.07) is 0. The molecule has 3 nitrogen and oxygen atoms in total. The first-order chi connectivity index (χ1) is 14.4. The van der Waals surface area contributed by atoms with Crippen molar-refractivity contribution in [2.75, 3.05) is 0 Å². The quantitative estimate of drug-likeness (QED) is 0.228. The van der Waals surface area contributed by atoms with Crippen LogP contribution in [0.25, 0.3) is 0 Å². The van der Waals surface area contributed by atoms with E-state index in [4.69, 9.17) is 4.23 Å². The van der Waals surface area contributed by atoms with E-state index in [2.05, 4.69) is 120 Å². The molecule has 0 saturated carbocycles. The molecule has 1 fully saturated rings. The minimum atomic E-state index is -3.66. The second-order valence-electron chi connectivity index (χ2n) is 18.2. The van der Waals surface area contributed by atoms with Crippen molar-refractivity contribution < 1.29 is 4.23 Å². The normalized spacial score (nSPS) is 22.1. The fourth-order valence-electron chi connectivity index (χ4n) is 6.31. The summed E-state index contributed by atoms with van der Waals surface area (Å²) in [4.78, 5) is 0. The maximum absolute atomic E-state index is 7.98. The van der Waals surface area contributed by atoms with Gasteiger partial charge in [-0.3, -0.25) is 0 Å². The van der Waals surface area contributed by atoms with Crippen LogP contribution in [-0.4, -0.2) is 89.9 Å². The van der Waals surface area contributed by atoms with Gasteiger partial charge in [-0.05, 0) is 0 Å². The van der Waals surface area contributed by atoms with Crippen LogP contribution in [0.1, 0.15) is 41.5 Å². The molecule has 0 amide bonds. The molecule has 0 radical (unpaired) electrons. The van der Waals surface area contributed by atoms with Crippen LogP contribution >= 0.6 is 0 Å². The average Bonchev–Trinajstić information content (AvgIpc) is 2.34. The maximum atomic E-state index is 7.98. The molecule has 1 aliphatic rings. The zero-order valence-electron chi connectivity index (χ0n) is 26.6. The van der Waals surface area contributed by atoms with Crippen LogP contribution in [0.4, 0.5) is 0 Å². The molecule has 34 heavy (non-hydrogen) atoms. The molecule has 0 aliphatic carbocycles. The molecule has 0 spiro atoms. The summed E-state index contributed by atoms with van der Waals surface area (Å²) < 4.78 is 29.4. The second-order valence-corrected chi connectivity index (χ2v) is 88.2. The van der Waals surface area contributed by atoms with Gasteiger partial charge in [0.1, 0.15) is 0 Å². The Morgan fingerprint density at radius 1 is 0.412 bits per heavy atom. The summed E-state index contributed by atoms with van der Waals surface area (Å²) >= 11 is -10.5. The summed E-state index contributed by atoms with van der Waals surface area (Å²) in [5, 5.41) is 0. The van der Waals surface area contributed by atoms with Gasteiger partial charge in [-0.2, -0.15) is 0 Å². The third-order valence-electron chi connectivity index (χ3n) is 6.20. The summed E-state index contributed by atoms with van der Waals surface area (Å²) in [6.45, 7) is 45.6. The SMILES string of the molecule is C[C](C)(C)[Sn]1([C](C)(C)C)[O][Sn]([CH2][Si](C)(C)C)([CH2][Si](C)(C)C)[O][Sn]([CH2][Si](C)(C)C)([CH2][Si](C)(C)C)[O]1. The van der Waals surface area contributed by atoms with E-state index >= 15 is 0 Å². The van der Waals surface area contributed by atoms with Crippen molar-refractivity contribution in [3.05, 3.63) is 0 Å². The second kappa shape index (κ2) is 10.8. The van der Waals surface area contributed by atoms with Crippen molar-refractivity contribution >= 4 is 89.9 Å². The molecule has 10 heteroatoms. The van der Waals surface area contributed by atoms with Crippen molar-refractivity contribution in [1.82, 2.24) is 0 Å². The Morgan fingerprint density at radius 2 is 0.618 bits per heavy atom. The van der Waals surface area contributed by atoms with E-state index in [9.17, 15) is 0 Å². The van der Waals surface area contributed by atoms with Crippen LogP contribution in [0.2, 0.25) is 102 Å². The van der Waals surface area contributed by atoms with Gasteiger partial charge in [-0.1, -0.05) is 0 Å². The Hall–Kier alpha value is 3.14. The standard InChI is InChI=1S/4C4H11Si.2C4H9.3O.3Sn/c4*1-5(2,3)4;2*1-4(2)3;;;;;;/h4*1H2,2-4H3;2*1-3H3;;;;;;. The minimum absolute atomic E-state index is 0.110. The Kier molecular flexibility index (Phi) is 11.2. The van der Waals surface area contributed by atoms with Crippen LogP contribution in [0, 0.1) is 0 Å². The predicted molar refractivity (Wildman–Crippen MR) is 173 cm³/mol. The first-order valence-corrected chi connectivity index (χ1v) is 46.3. The molecule has 0 atom stereocenters. The van der Waals surface area contributed by atoms with Crippen LogP contribution in [0.15, 0.2) is 0 Å². The molecule has 1 heterocycles. The van der Waals surface area contributed by atoms with E-state index in [1.165, 1.54) is 16.2 Å². The van der Waals surface area contributed by atoms with Gasteiger partial charge in [0.15, 0.2) is 0 Å². The van der Waals surface area contributed by atoms with Gasteiger partial charge in [0.05, 0.1) is 0 Å². The molecule has 0 aromatic heterocycles. The number of hydrogen-bond donors (Lipinski definition) is 0. The summed E-state index contributed by atoms with van der Waals surface area (Å²) in [6.07, 6.45) is 0. The van der Waals surface area contributed by atoms with E-state index in [0.717, 1.165) is 0 Å². The zero-order valence-corrected chi connectivity index (χ0v) is 39.1. The van der Waals surface area contributed by atoms with E-state index < -0.39 is 89.9 Å². The Morgan fingerprint density at radius 3 is 0.765 bits per heavy atom. The van der Waals surface area contributed by atoms with Crippen LogP contribution < -0.4 is 0 Å². The van der Waals surface area contributed by atoms with Crippen molar-refractivity contribution in [2.24, 2.45) is 0 Å². The Balaban J connectivity index is 4.08. The van der Waals surface area contributed by atoms with E-state index in [1.54, 1.807) is 0 Å². The van der Waals surface area contributed by atoms with Crippen molar-refractivity contribution in [3.63, 3.8) is 0 Å². The molecular formula is C24H62O3Si4Sn3. The molecule has 1 rings (SSSR count). The molecule has 0 unspecified atom stereocenters. The molecule has 0 aromatic carbocycles. The third-order valence-corrected chi connectivity index (χ3v) is 124. The average molecular weight is 867 g/mol. The van der Waals surface area contributed by atoms with Crippen LogP contribution in [-0.2, 0) is 4.23 Å². The summed E-state index contributed by atoms with van der Waals surface area (Å²) in [7, 11) is -5.51. The third kappa shape index (κ3) is 10.3. The van der Waals surface area contributed by atoms with Gasteiger partial charge in [0.2, 0.25) is 0 Å². The van der Waals surface area contributed by atoms with Crippen LogP contribution in [0.5, 0.6) is 0 Å². The molecule has 1 aliphatic heterocycles. The molecule has 204 valence electrons. The van der Waals surface area contributed by atoms with Gasteiger partial charge in [0, 0.05) is 0 Å². The van der Waals surface area contributed by atoms with Crippen molar-refractivity contribution in [2.45, 2.75) is 143 Å². The van der Waals surface area contributed by atoms with Gasteiger partial charge >= 0.3 is 237 Å². The molecule has 0 bridgehead atoms. The number of rotatable bonds is 8. The first kappa shape index (κ1) is 35.2. The fourth-order valence-corrected chi connectivity index (χ4v) is 204. The fraction of sp³-hybridized carbons (Fsp3) is 1.00. The molecule has 0 aromatic rings. The topological polar surface area (TPSA) is 27.7 Å². The van der Waals surface area contributed by atoms with Gasteiger partial charge in [-0.25, -0.2) is 0 Å². The summed E-state index contributed by atoms with van der Waals surface area (Å²) in [5.74, 6) is 0. The van der Waals surface area contributed by atoms with Crippen molar-refractivity contribution in [3.8, 4) is 0 Å². The van der Waals surface area contributed by atoms with Crippen LogP contribution in [0.3, 0.4) is 0 Å². The monoisotopic (exact) mass is 870 g/mol.